The van der Waals surface area contributed by atoms with Crippen LogP contribution in [0.1, 0.15) is 43.0 Å². The van der Waals surface area contributed by atoms with Gasteiger partial charge in [0.2, 0.25) is 0 Å². The van der Waals surface area contributed by atoms with Crippen LogP contribution in [0.2, 0.25) is 0 Å². The van der Waals surface area contributed by atoms with Crippen LogP contribution in [0.3, 0.4) is 0 Å². The summed E-state index contributed by atoms with van der Waals surface area (Å²) in [5.74, 6) is 0. The highest BCUT2D eigenvalue weighted by atomic mass is 14.9. The molecule has 0 saturated heterocycles. The van der Waals surface area contributed by atoms with Crippen molar-refractivity contribution >= 4 is 0 Å². The van der Waals surface area contributed by atoms with Gasteiger partial charge >= 0.3 is 0 Å². The molecule has 2 aromatic rings. The Morgan fingerprint density at radius 3 is 2.40 bits per heavy atom. The Morgan fingerprint density at radius 1 is 1.00 bits per heavy atom. The van der Waals surface area contributed by atoms with Crippen molar-refractivity contribution in [2.75, 3.05) is 0 Å². The van der Waals surface area contributed by atoms with Crippen LogP contribution >= 0.6 is 0 Å². The summed E-state index contributed by atoms with van der Waals surface area (Å²) in [7, 11) is 0. The molecule has 0 bridgehead atoms. The van der Waals surface area contributed by atoms with Crippen LogP contribution in [0.25, 0.3) is 0 Å². The number of aryl methyl sites for hydroxylation is 1. The highest BCUT2D eigenvalue weighted by Crippen LogP contribution is 2.16. The van der Waals surface area contributed by atoms with E-state index in [-0.39, 0.29) is 0 Å². The molecule has 0 radical (unpaired) electrons. The summed E-state index contributed by atoms with van der Waals surface area (Å²) in [6, 6.07) is 20.4. The van der Waals surface area contributed by atoms with Crippen LogP contribution in [0, 0.1) is 6.92 Å². The monoisotopic (exact) mass is 267 g/mol. The van der Waals surface area contributed by atoms with Gasteiger partial charge in [0.05, 0.1) is 0 Å². The fourth-order valence-corrected chi connectivity index (χ4v) is 2.61. The van der Waals surface area contributed by atoms with E-state index >= 15 is 0 Å². The SMILES string of the molecule is CCC(Cc1ccccc1)N[C@H](C)c1cccc(C)c1. The van der Waals surface area contributed by atoms with Gasteiger partial charge in [0.15, 0.2) is 0 Å². The minimum atomic E-state index is 0.392. The van der Waals surface area contributed by atoms with Crippen molar-refractivity contribution in [2.45, 2.75) is 45.7 Å². The average Bonchev–Trinajstić information content (AvgIpc) is 2.47. The van der Waals surface area contributed by atoms with Crippen molar-refractivity contribution in [1.29, 1.82) is 0 Å². The van der Waals surface area contributed by atoms with Gasteiger partial charge in [-0.1, -0.05) is 67.1 Å². The Hall–Kier alpha value is -1.60. The molecular weight excluding hydrogens is 242 g/mol. The third-order valence-corrected chi connectivity index (χ3v) is 3.85. The number of hydrogen-bond donors (Lipinski definition) is 1. The molecule has 0 amide bonds. The average molecular weight is 267 g/mol. The topological polar surface area (TPSA) is 12.0 Å². The summed E-state index contributed by atoms with van der Waals surface area (Å²) < 4.78 is 0. The third-order valence-electron chi connectivity index (χ3n) is 3.85. The van der Waals surface area contributed by atoms with Crippen molar-refractivity contribution in [3.8, 4) is 0 Å². The second-order valence-electron chi connectivity index (χ2n) is 5.60. The normalized spacial score (nSPS) is 13.9. The summed E-state index contributed by atoms with van der Waals surface area (Å²) >= 11 is 0. The minimum absolute atomic E-state index is 0.392. The molecule has 0 heterocycles. The molecule has 0 spiro atoms. The first-order chi connectivity index (χ1) is 9.69. The molecule has 20 heavy (non-hydrogen) atoms. The van der Waals surface area contributed by atoms with Crippen LogP contribution in [-0.4, -0.2) is 6.04 Å². The zero-order valence-electron chi connectivity index (χ0n) is 12.8. The van der Waals surface area contributed by atoms with Crippen LogP contribution < -0.4 is 5.32 Å². The maximum absolute atomic E-state index is 3.76. The van der Waals surface area contributed by atoms with Crippen molar-refractivity contribution in [1.82, 2.24) is 5.32 Å². The van der Waals surface area contributed by atoms with Crippen LogP contribution in [0.4, 0.5) is 0 Å². The van der Waals surface area contributed by atoms with E-state index in [1.165, 1.54) is 16.7 Å². The quantitative estimate of drug-likeness (QED) is 0.802. The van der Waals surface area contributed by atoms with E-state index in [1.54, 1.807) is 0 Å². The first kappa shape index (κ1) is 14.8. The second-order valence-corrected chi connectivity index (χ2v) is 5.60. The van der Waals surface area contributed by atoms with E-state index in [0.717, 1.165) is 12.8 Å². The van der Waals surface area contributed by atoms with Gasteiger partial charge < -0.3 is 5.32 Å². The van der Waals surface area contributed by atoms with Gasteiger partial charge in [-0.15, -0.1) is 0 Å². The fourth-order valence-electron chi connectivity index (χ4n) is 2.61. The molecule has 0 aliphatic heterocycles. The second kappa shape index (κ2) is 7.25. The molecular formula is C19H25N. The predicted octanol–water partition coefficient (Wildman–Crippen LogP) is 4.67. The van der Waals surface area contributed by atoms with Gasteiger partial charge in [0, 0.05) is 12.1 Å². The first-order valence-corrected chi connectivity index (χ1v) is 7.55. The Kier molecular flexibility index (Phi) is 5.37. The molecule has 0 aromatic heterocycles. The molecule has 2 atom stereocenters. The maximum atomic E-state index is 3.76. The van der Waals surface area contributed by atoms with E-state index in [9.17, 15) is 0 Å². The molecule has 0 aliphatic rings. The number of hydrogen-bond acceptors (Lipinski definition) is 1. The Morgan fingerprint density at radius 2 is 1.75 bits per heavy atom. The lowest BCUT2D eigenvalue weighted by atomic mass is 10.0. The molecule has 1 unspecified atom stereocenters. The lowest BCUT2D eigenvalue weighted by molar-refractivity contribution is 0.440. The van der Waals surface area contributed by atoms with E-state index in [1.807, 2.05) is 0 Å². The third kappa shape index (κ3) is 4.21. The van der Waals surface area contributed by atoms with Gasteiger partial charge in [0.1, 0.15) is 0 Å². The predicted molar refractivity (Wildman–Crippen MR) is 87.0 cm³/mol. The van der Waals surface area contributed by atoms with Crippen molar-refractivity contribution in [3.63, 3.8) is 0 Å². The molecule has 1 heteroatoms. The standard InChI is InChI=1S/C19H25N/c1-4-19(14-17-10-6-5-7-11-17)20-16(3)18-12-8-9-15(2)13-18/h5-13,16,19-20H,4,14H2,1-3H3/t16-,19?/m1/s1. The number of benzene rings is 2. The smallest absolute Gasteiger partial charge is 0.0294 e. The van der Waals surface area contributed by atoms with Gasteiger partial charge in [-0.05, 0) is 37.8 Å². The molecule has 2 rings (SSSR count). The zero-order valence-corrected chi connectivity index (χ0v) is 12.8. The van der Waals surface area contributed by atoms with Crippen molar-refractivity contribution < 1.29 is 0 Å². The van der Waals surface area contributed by atoms with E-state index in [0.29, 0.717) is 12.1 Å². The van der Waals surface area contributed by atoms with E-state index in [4.69, 9.17) is 0 Å². The minimum Gasteiger partial charge on any atom is -0.307 e. The first-order valence-electron chi connectivity index (χ1n) is 7.55. The highest BCUT2D eigenvalue weighted by Gasteiger charge is 2.12. The Labute approximate surface area is 123 Å². The van der Waals surface area contributed by atoms with Crippen LogP contribution in [0.15, 0.2) is 54.6 Å². The summed E-state index contributed by atoms with van der Waals surface area (Å²) in [5.41, 5.74) is 4.10. The lowest BCUT2D eigenvalue weighted by Gasteiger charge is -2.23. The molecule has 0 fully saturated rings. The van der Waals surface area contributed by atoms with E-state index < -0.39 is 0 Å². The molecule has 2 aromatic carbocycles. The largest absolute Gasteiger partial charge is 0.307 e. The molecule has 0 aliphatic carbocycles. The van der Waals surface area contributed by atoms with Crippen LogP contribution in [0.5, 0.6) is 0 Å². The maximum Gasteiger partial charge on any atom is 0.0294 e. The summed E-state index contributed by atoms with van der Waals surface area (Å²) in [5, 5.41) is 3.76. The molecule has 1 nitrogen and oxygen atoms in total. The molecule has 1 N–H and O–H groups in total. The van der Waals surface area contributed by atoms with Gasteiger partial charge in [0.25, 0.3) is 0 Å². The summed E-state index contributed by atoms with van der Waals surface area (Å²) in [4.78, 5) is 0. The number of rotatable bonds is 6. The van der Waals surface area contributed by atoms with Gasteiger partial charge in [-0.25, -0.2) is 0 Å². The van der Waals surface area contributed by atoms with E-state index in [2.05, 4.69) is 80.7 Å². The lowest BCUT2D eigenvalue weighted by Crippen LogP contribution is -2.32. The van der Waals surface area contributed by atoms with Crippen molar-refractivity contribution in [2.24, 2.45) is 0 Å². The summed E-state index contributed by atoms with van der Waals surface area (Å²) in [6.45, 7) is 6.66. The molecule has 0 saturated carbocycles. The zero-order chi connectivity index (χ0) is 14.4. The fraction of sp³-hybridized carbons (Fsp3) is 0.368. The Balaban J connectivity index is 1.99. The summed E-state index contributed by atoms with van der Waals surface area (Å²) in [6.07, 6.45) is 2.23. The van der Waals surface area contributed by atoms with Gasteiger partial charge in [-0.3, -0.25) is 0 Å². The van der Waals surface area contributed by atoms with Gasteiger partial charge in [-0.2, -0.15) is 0 Å². The Bertz CT molecular complexity index is 518. The van der Waals surface area contributed by atoms with Crippen LogP contribution in [-0.2, 0) is 6.42 Å². The number of nitrogens with one attached hydrogen (secondary N) is 1. The molecule has 106 valence electrons. The van der Waals surface area contributed by atoms with Crippen molar-refractivity contribution in [3.05, 3.63) is 71.3 Å². The highest BCUT2D eigenvalue weighted by molar-refractivity contribution is 5.25.